The number of benzene rings is 2. The molecule has 0 radical (unpaired) electrons. The molecule has 110 valence electrons. The van der Waals surface area contributed by atoms with Crippen LogP contribution in [0, 0.1) is 5.82 Å². The molecule has 3 nitrogen and oxygen atoms in total. The maximum atomic E-state index is 13.2. The van der Waals surface area contributed by atoms with E-state index < -0.39 is 29.2 Å². The van der Waals surface area contributed by atoms with Crippen molar-refractivity contribution in [2.45, 2.75) is 6.18 Å². The van der Waals surface area contributed by atoms with Crippen LogP contribution in [0.1, 0.15) is 15.9 Å². The van der Waals surface area contributed by atoms with Crippen molar-refractivity contribution in [3.8, 4) is 0 Å². The standard InChI is InChI=1S/C14H10F4N2O/c15-9-5-8(6-10(19)7-9)13(21)20-12-4-2-1-3-11(12)14(16,17)18/h1-7H,19H2,(H,20,21). The number of nitrogen functional groups attached to an aromatic ring is 1. The largest absolute Gasteiger partial charge is 0.418 e. The third-order valence-electron chi connectivity index (χ3n) is 2.66. The van der Waals surface area contributed by atoms with Crippen LogP contribution in [0.25, 0.3) is 0 Å². The summed E-state index contributed by atoms with van der Waals surface area (Å²) >= 11 is 0. The number of anilines is 2. The van der Waals surface area contributed by atoms with E-state index in [0.717, 1.165) is 24.3 Å². The van der Waals surface area contributed by atoms with E-state index in [9.17, 15) is 22.4 Å². The predicted octanol–water partition coefficient (Wildman–Crippen LogP) is 3.68. The average molecular weight is 298 g/mol. The summed E-state index contributed by atoms with van der Waals surface area (Å²) in [6.07, 6.45) is -4.61. The number of rotatable bonds is 2. The van der Waals surface area contributed by atoms with Crippen molar-refractivity contribution in [1.82, 2.24) is 0 Å². The number of para-hydroxylation sites is 1. The molecular weight excluding hydrogens is 288 g/mol. The van der Waals surface area contributed by atoms with Gasteiger partial charge in [0, 0.05) is 11.3 Å². The number of hydrogen-bond acceptors (Lipinski definition) is 2. The van der Waals surface area contributed by atoms with E-state index in [2.05, 4.69) is 5.32 Å². The molecule has 0 unspecified atom stereocenters. The molecule has 1 amide bonds. The summed E-state index contributed by atoms with van der Waals surface area (Å²) in [5.41, 5.74) is 3.84. The molecule has 21 heavy (non-hydrogen) atoms. The number of carbonyl (C=O) groups excluding carboxylic acids is 1. The molecule has 0 heterocycles. The molecule has 2 aromatic carbocycles. The van der Waals surface area contributed by atoms with E-state index in [1.807, 2.05) is 0 Å². The van der Waals surface area contributed by atoms with E-state index in [0.29, 0.717) is 0 Å². The fraction of sp³-hybridized carbons (Fsp3) is 0.0714. The molecule has 0 fully saturated rings. The van der Waals surface area contributed by atoms with Crippen molar-refractivity contribution in [3.05, 3.63) is 59.4 Å². The first-order valence-electron chi connectivity index (χ1n) is 5.81. The zero-order valence-electron chi connectivity index (χ0n) is 10.5. The lowest BCUT2D eigenvalue weighted by atomic mass is 10.1. The van der Waals surface area contributed by atoms with Crippen molar-refractivity contribution in [1.29, 1.82) is 0 Å². The Kier molecular flexibility index (Phi) is 3.84. The van der Waals surface area contributed by atoms with Gasteiger partial charge in [0.25, 0.3) is 5.91 Å². The van der Waals surface area contributed by atoms with Crippen LogP contribution in [0.3, 0.4) is 0 Å². The molecule has 0 bridgehead atoms. The van der Waals surface area contributed by atoms with Crippen LogP contribution >= 0.6 is 0 Å². The monoisotopic (exact) mass is 298 g/mol. The van der Waals surface area contributed by atoms with Crippen molar-refractivity contribution < 1.29 is 22.4 Å². The van der Waals surface area contributed by atoms with Crippen LogP contribution in [0.15, 0.2) is 42.5 Å². The summed E-state index contributed by atoms with van der Waals surface area (Å²) in [4.78, 5) is 11.9. The van der Waals surface area contributed by atoms with Gasteiger partial charge in [-0.2, -0.15) is 13.2 Å². The highest BCUT2D eigenvalue weighted by Gasteiger charge is 2.33. The Morgan fingerprint density at radius 1 is 1.10 bits per heavy atom. The lowest BCUT2D eigenvalue weighted by Crippen LogP contribution is -2.17. The first kappa shape index (κ1) is 14.8. The molecule has 2 rings (SSSR count). The van der Waals surface area contributed by atoms with Gasteiger partial charge in [-0.25, -0.2) is 4.39 Å². The normalized spacial score (nSPS) is 11.2. The van der Waals surface area contributed by atoms with Gasteiger partial charge in [-0.05, 0) is 30.3 Å². The number of hydrogen-bond donors (Lipinski definition) is 2. The van der Waals surface area contributed by atoms with Crippen LogP contribution < -0.4 is 11.1 Å². The number of nitrogens with two attached hydrogens (primary N) is 1. The van der Waals surface area contributed by atoms with Gasteiger partial charge in [-0.15, -0.1) is 0 Å². The third-order valence-corrected chi connectivity index (χ3v) is 2.66. The Hall–Kier alpha value is -2.57. The highest BCUT2D eigenvalue weighted by atomic mass is 19.4. The molecule has 0 spiro atoms. The van der Waals surface area contributed by atoms with Crippen molar-refractivity contribution in [2.75, 3.05) is 11.1 Å². The molecule has 0 aliphatic carbocycles. The highest BCUT2D eigenvalue weighted by molar-refractivity contribution is 6.05. The van der Waals surface area contributed by atoms with Crippen LogP contribution in [-0.2, 0) is 6.18 Å². The van der Waals surface area contributed by atoms with Gasteiger partial charge >= 0.3 is 6.18 Å². The molecular formula is C14H10F4N2O. The Bertz CT molecular complexity index is 663. The highest BCUT2D eigenvalue weighted by Crippen LogP contribution is 2.34. The van der Waals surface area contributed by atoms with Crippen molar-refractivity contribution in [3.63, 3.8) is 0 Å². The molecule has 0 saturated heterocycles. The zero-order valence-corrected chi connectivity index (χ0v) is 10.5. The minimum atomic E-state index is -4.61. The Morgan fingerprint density at radius 2 is 1.76 bits per heavy atom. The van der Waals surface area contributed by atoms with E-state index in [4.69, 9.17) is 5.73 Å². The van der Waals surface area contributed by atoms with Gasteiger partial charge in [0.15, 0.2) is 0 Å². The lowest BCUT2D eigenvalue weighted by Gasteiger charge is -2.13. The SMILES string of the molecule is Nc1cc(F)cc(C(=O)Nc2ccccc2C(F)(F)F)c1. The Balaban J connectivity index is 2.32. The lowest BCUT2D eigenvalue weighted by molar-refractivity contribution is -0.136. The van der Waals surface area contributed by atoms with E-state index in [1.165, 1.54) is 18.2 Å². The maximum absolute atomic E-state index is 13.2. The number of carbonyl (C=O) groups is 1. The summed E-state index contributed by atoms with van der Waals surface area (Å²) in [7, 11) is 0. The van der Waals surface area contributed by atoms with Crippen LogP contribution in [0.4, 0.5) is 28.9 Å². The minimum Gasteiger partial charge on any atom is -0.399 e. The molecule has 0 aliphatic rings. The smallest absolute Gasteiger partial charge is 0.399 e. The first-order chi connectivity index (χ1) is 9.77. The number of nitrogens with one attached hydrogen (secondary N) is 1. The van der Waals surface area contributed by atoms with Crippen LogP contribution in [0.5, 0.6) is 0 Å². The van der Waals surface area contributed by atoms with Gasteiger partial charge in [0.1, 0.15) is 5.82 Å². The summed E-state index contributed by atoms with van der Waals surface area (Å²) in [5, 5.41) is 2.11. The number of amides is 1. The van der Waals surface area contributed by atoms with Crippen LogP contribution in [0.2, 0.25) is 0 Å². The van der Waals surface area contributed by atoms with Gasteiger partial charge in [-0.1, -0.05) is 12.1 Å². The number of halogens is 4. The van der Waals surface area contributed by atoms with Crippen molar-refractivity contribution in [2.24, 2.45) is 0 Å². The molecule has 0 aliphatic heterocycles. The molecule has 7 heteroatoms. The van der Waals surface area contributed by atoms with Gasteiger partial charge in [-0.3, -0.25) is 4.79 Å². The van der Waals surface area contributed by atoms with Crippen LogP contribution in [-0.4, -0.2) is 5.91 Å². The third kappa shape index (κ3) is 3.50. The summed E-state index contributed by atoms with van der Waals surface area (Å²) in [5.74, 6) is -1.62. The van der Waals surface area contributed by atoms with Crippen molar-refractivity contribution >= 4 is 17.3 Å². The second-order valence-corrected chi connectivity index (χ2v) is 4.27. The van der Waals surface area contributed by atoms with E-state index in [-0.39, 0.29) is 11.3 Å². The maximum Gasteiger partial charge on any atom is 0.418 e. The topological polar surface area (TPSA) is 55.1 Å². The predicted molar refractivity (Wildman–Crippen MR) is 70.2 cm³/mol. The molecule has 2 aromatic rings. The summed E-state index contributed by atoms with van der Waals surface area (Å²) < 4.78 is 51.6. The molecule has 0 aromatic heterocycles. The molecule has 0 atom stereocenters. The summed E-state index contributed by atoms with van der Waals surface area (Å²) in [6, 6.07) is 7.58. The van der Waals surface area contributed by atoms with E-state index in [1.54, 1.807) is 0 Å². The molecule has 0 saturated carbocycles. The second kappa shape index (κ2) is 5.43. The fourth-order valence-corrected chi connectivity index (χ4v) is 1.78. The molecule has 3 N–H and O–H groups in total. The second-order valence-electron chi connectivity index (χ2n) is 4.27. The minimum absolute atomic E-state index is 0.00394. The fourth-order valence-electron chi connectivity index (χ4n) is 1.78. The Labute approximate surface area is 117 Å². The van der Waals surface area contributed by atoms with E-state index >= 15 is 0 Å². The first-order valence-corrected chi connectivity index (χ1v) is 5.81. The van der Waals surface area contributed by atoms with Gasteiger partial charge in [0.2, 0.25) is 0 Å². The quantitative estimate of drug-likeness (QED) is 0.656. The average Bonchev–Trinajstić information content (AvgIpc) is 2.37. The summed E-state index contributed by atoms with van der Waals surface area (Å²) in [6.45, 7) is 0. The zero-order chi connectivity index (χ0) is 15.6. The van der Waals surface area contributed by atoms with Gasteiger partial charge < -0.3 is 11.1 Å². The van der Waals surface area contributed by atoms with Gasteiger partial charge in [0.05, 0.1) is 11.3 Å². The number of alkyl halides is 3. The Morgan fingerprint density at radius 3 is 2.38 bits per heavy atom.